The predicted octanol–water partition coefficient (Wildman–Crippen LogP) is 2.07. The van der Waals surface area contributed by atoms with Crippen molar-refractivity contribution in [3.63, 3.8) is 0 Å². The molecule has 0 atom stereocenters. The second-order valence-corrected chi connectivity index (χ2v) is 5.63. The van der Waals surface area contributed by atoms with Crippen LogP contribution in [0.3, 0.4) is 0 Å². The van der Waals surface area contributed by atoms with Crippen molar-refractivity contribution in [2.45, 2.75) is 33.7 Å². The summed E-state index contributed by atoms with van der Waals surface area (Å²) in [6.45, 7) is 7.57. The van der Waals surface area contributed by atoms with E-state index in [1.165, 1.54) is 0 Å². The third-order valence-electron chi connectivity index (χ3n) is 2.79. The van der Waals surface area contributed by atoms with E-state index in [2.05, 4.69) is 5.32 Å². The van der Waals surface area contributed by atoms with Crippen LogP contribution >= 0.6 is 0 Å². The molecule has 0 aromatic heterocycles. The van der Waals surface area contributed by atoms with E-state index in [0.29, 0.717) is 17.0 Å². The number of hydrogen-bond donors (Lipinski definition) is 2. The lowest BCUT2D eigenvalue weighted by Gasteiger charge is -2.25. The molecule has 1 aromatic carbocycles. The lowest BCUT2D eigenvalue weighted by molar-refractivity contribution is -0.131. The zero-order valence-corrected chi connectivity index (χ0v) is 12.4. The Morgan fingerprint density at radius 1 is 1.50 bits per heavy atom. The fourth-order valence-corrected chi connectivity index (χ4v) is 1.57. The van der Waals surface area contributed by atoms with Crippen LogP contribution in [0.5, 0.6) is 5.75 Å². The van der Waals surface area contributed by atoms with Crippen LogP contribution in [0.25, 0.3) is 0 Å². The summed E-state index contributed by atoms with van der Waals surface area (Å²) in [4.78, 5) is 12.0. The van der Waals surface area contributed by atoms with Crippen LogP contribution in [0.4, 0.5) is 5.69 Å². The van der Waals surface area contributed by atoms with E-state index in [1.54, 1.807) is 32.0 Å². The summed E-state index contributed by atoms with van der Waals surface area (Å²) in [5.74, 6) is 0.313. The fraction of sp³-hybridized carbons (Fsp3) is 0.467. The van der Waals surface area contributed by atoms with Gasteiger partial charge in [-0.25, -0.2) is 0 Å². The van der Waals surface area contributed by atoms with Crippen molar-refractivity contribution in [3.05, 3.63) is 23.8 Å². The van der Waals surface area contributed by atoms with Gasteiger partial charge in [0.15, 0.2) is 0 Å². The number of carbonyl (C=O) groups is 1. The van der Waals surface area contributed by atoms with Gasteiger partial charge in [-0.05, 0) is 39.8 Å². The van der Waals surface area contributed by atoms with Gasteiger partial charge in [-0.1, -0.05) is 6.07 Å². The van der Waals surface area contributed by atoms with E-state index in [1.807, 2.05) is 19.9 Å². The number of nitrogens with two attached hydrogens (primary N) is 1. The smallest absolute Gasteiger partial charge is 0.229 e. The van der Waals surface area contributed by atoms with Gasteiger partial charge in [0.1, 0.15) is 24.0 Å². The molecular weight excluding hydrogens is 254 g/mol. The van der Waals surface area contributed by atoms with E-state index >= 15 is 0 Å². The van der Waals surface area contributed by atoms with Gasteiger partial charge in [-0.15, -0.1) is 0 Å². The number of nitriles is 1. The average Bonchev–Trinajstić information content (AvgIpc) is 2.35. The van der Waals surface area contributed by atoms with E-state index in [-0.39, 0.29) is 18.6 Å². The molecule has 20 heavy (non-hydrogen) atoms. The molecule has 0 aliphatic rings. The minimum absolute atomic E-state index is 0.0730. The third kappa shape index (κ3) is 3.89. The average molecular weight is 275 g/mol. The maximum Gasteiger partial charge on any atom is 0.229 e. The second kappa shape index (κ2) is 6.29. The van der Waals surface area contributed by atoms with Crippen molar-refractivity contribution in [1.29, 1.82) is 5.26 Å². The predicted molar refractivity (Wildman–Crippen MR) is 78.1 cm³/mol. The number of nitrogens with zero attached hydrogens (tertiary/aromatic N) is 1. The zero-order chi connectivity index (χ0) is 15.3. The molecule has 0 saturated heterocycles. The highest BCUT2D eigenvalue weighted by molar-refractivity contribution is 5.82. The summed E-state index contributed by atoms with van der Waals surface area (Å²) in [7, 11) is 0. The first-order chi connectivity index (χ1) is 9.27. The summed E-state index contributed by atoms with van der Waals surface area (Å²) in [5, 5.41) is 11.9. The first-order valence-corrected chi connectivity index (χ1v) is 6.50. The molecule has 0 heterocycles. The van der Waals surface area contributed by atoms with Gasteiger partial charge in [0, 0.05) is 6.04 Å². The van der Waals surface area contributed by atoms with Gasteiger partial charge in [0.25, 0.3) is 0 Å². The van der Waals surface area contributed by atoms with E-state index in [4.69, 9.17) is 15.7 Å². The van der Waals surface area contributed by atoms with Gasteiger partial charge < -0.3 is 15.8 Å². The van der Waals surface area contributed by atoms with Crippen LogP contribution in [0, 0.1) is 16.7 Å². The Labute approximate surface area is 119 Å². The first kappa shape index (κ1) is 15.8. The minimum Gasteiger partial charge on any atom is -0.491 e. The Kier molecular flexibility index (Phi) is 4.98. The number of ether oxygens (including phenoxy) is 1. The highest BCUT2D eigenvalue weighted by Gasteiger charge is 2.29. The lowest BCUT2D eigenvalue weighted by Crippen LogP contribution is -2.43. The highest BCUT2D eigenvalue weighted by atomic mass is 16.5. The summed E-state index contributed by atoms with van der Waals surface area (Å²) < 4.78 is 5.61. The van der Waals surface area contributed by atoms with Gasteiger partial charge in [0.2, 0.25) is 5.91 Å². The molecule has 5 nitrogen and oxygen atoms in total. The maximum absolute atomic E-state index is 12.0. The van der Waals surface area contributed by atoms with E-state index in [0.717, 1.165) is 0 Å². The Hall–Kier alpha value is -2.22. The van der Waals surface area contributed by atoms with Gasteiger partial charge in [-0.3, -0.25) is 4.79 Å². The summed E-state index contributed by atoms with van der Waals surface area (Å²) in [5.41, 5.74) is 5.69. The van der Waals surface area contributed by atoms with Crippen LogP contribution in [-0.4, -0.2) is 18.6 Å². The van der Waals surface area contributed by atoms with Crippen LogP contribution in [-0.2, 0) is 4.79 Å². The summed E-state index contributed by atoms with van der Waals surface area (Å²) in [6, 6.07) is 7.11. The number of benzene rings is 1. The SMILES string of the molecule is CC(C)NC(=O)C(C)(C)COc1cccc(N)c1C#N. The number of hydrogen-bond acceptors (Lipinski definition) is 4. The van der Waals surface area contributed by atoms with Gasteiger partial charge in [0.05, 0.1) is 11.1 Å². The number of carbonyl (C=O) groups excluding carboxylic acids is 1. The molecule has 0 aliphatic heterocycles. The highest BCUT2D eigenvalue weighted by Crippen LogP contribution is 2.25. The monoisotopic (exact) mass is 275 g/mol. The summed E-state index contributed by atoms with van der Waals surface area (Å²) in [6.07, 6.45) is 0. The minimum atomic E-state index is -0.693. The Morgan fingerprint density at radius 3 is 2.70 bits per heavy atom. The molecule has 108 valence electrons. The molecule has 0 bridgehead atoms. The molecule has 0 saturated carbocycles. The number of anilines is 1. The molecule has 0 fully saturated rings. The molecule has 1 aromatic rings. The number of nitrogens with one attached hydrogen (secondary N) is 1. The Bertz CT molecular complexity index is 530. The maximum atomic E-state index is 12.0. The molecule has 3 N–H and O–H groups in total. The molecule has 0 spiro atoms. The number of nitrogen functional groups attached to an aromatic ring is 1. The van der Waals surface area contributed by atoms with Crippen molar-refractivity contribution < 1.29 is 9.53 Å². The molecule has 1 rings (SSSR count). The zero-order valence-electron chi connectivity index (χ0n) is 12.4. The van der Waals surface area contributed by atoms with E-state index in [9.17, 15) is 4.79 Å². The Morgan fingerprint density at radius 2 is 2.15 bits per heavy atom. The molecule has 0 radical (unpaired) electrons. The quantitative estimate of drug-likeness (QED) is 0.805. The van der Waals surface area contributed by atoms with E-state index < -0.39 is 5.41 Å². The Balaban J connectivity index is 2.79. The van der Waals surface area contributed by atoms with Crippen molar-refractivity contribution in [2.24, 2.45) is 5.41 Å². The van der Waals surface area contributed by atoms with Gasteiger partial charge in [-0.2, -0.15) is 5.26 Å². The van der Waals surface area contributed by atoms with Crippen LogP contribution in [0.15, 0.2) is 18.2 Å². The van der Waals surface area contributed by atoms with Crippen molar-refractivity contribution >= 4 is 11.6 Å². The standard InChI is InChI=1S/C15H21N3O2/c1-10(2)18-14(19)15(3,4)9-20-13-7-5-6-12(17)11(13)8-16/h5-7,10H,9,17H2,1-4H3,(H,18,19). The third-order valence-corrected chi connectivity index (χ3v) is 2.79. The molecule has 1 amide bonds. The molecule has 5 heteroatoms. The molecule has 0 unspecified atom stereocenters. The van der Waals surface area contributed by atoms with Gasteiger partial charge >= 0.3 is 0 Å². The van der Waals surface area contributed by atoms with Crippen molar-refractivity contribution in [3.8, 4) is 11.8 Å². The van der Waals surface area contributed by atoms with Crippen LogP contribution in [0.2, 0.25) is 0 Å². The molecular formula is C15H21N3O2. The summed E-state index contributed by atoms with van der Waals surface area (Å²) >= 11 is 0. The number of rotatable bonds is 5. The normalized spacial score (nSPS) is 11.0. The van der Waals surface area contributed by atoms with Crippen molar-refractivity contribution in [2.75, 3.05) is 12.3 Å². The second-order valence-electron chi connectivity index (χ2n) is 5.63. The molecule has 0 aliphatic carbocycles. The van der Waals surface area contributed by atoms with Crippen molar-refractivity contribution in [1.82, 2.24) is 5.32 Å². The van der Waals surface area contributed by atoms with Crippen LogP contribution < -0.4 is 15.8 Å². The number of amides is 1. The lowest BCUT2D eigenvalue weighted by atomic mass is 9.93. The topological polar surface area (TPSA) is 88.1 Å². The van der Waals surface area contributed by atoms with Crippen LogP contribution in [0.1, 0.15) is 33.3 Å². The fourth-order valence-electron chi connectivity index (χ4n) is 1.57. The largest absolute Gasteiger partial charge is 0.491 e. The first-order valence-electron chi connectivity index (χ1n) is 6.50.